The van der Waals surface area contributed by atoms with E-state index in [4.69, 9.17) is 5.26 Å². The molecule has 2 nitrogen and oxygen atoms in total. The third kappa shape index (κ3) is 1.89. The Hall–Kier alpha value is -1.69. The van der Waals surface area contributed by atoms with E-state index in [9.17, 15) is 9.18 Å². The van der Waals surface area contributed by atoms with Gasteiger partial charge in [0.1, 0.15) is 11.7 Å². The molecule has 1 aliphatic rings. The number of halogens is 1. The lowest BCUT2D eigenvalue weighted by Gasteiger charge is -2.08. The molecule has 0 spiro atoms. The van der Waals surface area contributed by atoms with E-state index in [2.05, 4.69) is 0 Å². The minimum Gasteiger partial charge on any atom is -0.298 e. The Morgan fingerprint density at radius 1 is 1.47 bits per heavy atom. The summed E-state index contributed by atoms with van der Waals surface area (Å²) in [5.41, 5.74) is 0.205. The van der Waals surface area contributed by atoms with Crippen molar-refractivity contribution in [2.75, 3.05) is 0 Å². The highest BCUT2D eigenvalue weighted by atomic mass is 19.1. The zero-order chi connectivity index (χ0) is 10.8. The molecule has 3 heteroatoms. The van der Waals surface area contributed by atoms with E-state index in [0.29, 0.717) is 0 Å². The van der Waals surface area contributed by atoms with Crippen LogP contribution in [0.25, 0.3) is 0 Å². The molecule has 1 atom stereocenters. The summed E-state index contributed by atoms with van der Waals surface area (Å²) in [5, 5.41) is 8.91. The standard InChI is InChI=1S/C12H10FNO/c13-11-4-2-1-3-9(11)10(7-14)12(15)8-5-6-8/h1-4,8,10H,5-6H2/t10-/m1/s1. The number of ketones is 1. The molecule has 1 fully saturated rings. The van der Waals surface area contributed by atoms with Crippen molar-refractivity contribution < 1.29 is 9.18 Å². The molecule has 2 rings (SSSR count). The maximum Gasteiger partial charge on any atom is 0.157 e. The van der Waals surface area contributed by atoms with E-state index in [-0.39, 0.29) is 17.3 Å². The van der Waals surface area contributed by atoms with Crippen LogP contribution in [0.15, 0.2) is 24.3 Å². The van der Waals surface area contributed by atoms with Gasteiger partial charge in [0, 0.05) is 11.5 Å². The molecule has 0 bridgehead atoms. The first-order valence-corrected chi connectivity index (χ1v) is 4.92. The van der Waals surface area contributed by atoms with Gasteiger partial charge < -0.3 is 0 Å². The van der Waals surface area contributed by atoms with E-state index in [0.717, 1.165) is 12.8 Å². The van der Waals surface area contributed by atoms with Crippen LogP contribution in [0.1, 0.15) is 24.3 Å². The quantitative estimate of drug-likeness (QED) is 0.756. The summed E-state index contributed by atoms with van der Waals surface area (Å²) in [5.74, 6) is -1.56. The number of hydrogen-bond acceptors (Lipinski definition) is 2. The number of benzene rings is 1. The lowest BCUT2D eigenvalue weighted by Crippen LogP contribution is -2.13. The second kappa shape index (κ2) is 3.82. The van der Waals surface area contributed by atoms with Gasteiger partial charge in [-0.1, -0.05) is 18.2 Å². The van der Waals surface area contributed by atoms with E-state index in [1.54, 1.807) is 12.1 Å². The van der Waals surface area contributed by atoms with Crippen LogP contribution in [0.4, 0.5) is 4.39 Å². The van der Waals surface area contributed by atoms with Gasteiger partial charge in [-0.25, -0.2) is 4.39 Å². The molecule has 1 aromatic carbocycles. The van der Waals surface area contributed by atoms with Crippen molar-refractivity contribution in [1.82, 2.24) is 0 Å². The van der Waals surface area contributed by atoms with Crippen molar-refractivity contribution in [1.29, 1.82) is 5.26 Å². The van der Waals surface area contributed by atoms with Crippen LogP contribution in [-0.4, -0.2) is 5.78 Å². The fraction of sp³-hybridized carbons (Fsp3) is 0.333. The molecule has 0 aromatic heterocycles. The minimum atomic E-state index is -0.932. The van der Waals surface area contributed by atoms with E-state index in [1.165, 1.54) is 12.1 Å². The van der Waals surface area contributed by atoms with Crippen molar-refractivity contribution >= 4 is 5.78 Å². The monoisotopic (exact) mass is 203 g/mol. The van der Waals surface area contributed by atoms with Crippen LogP contribution in [0.2, 0.25) is 0 Å². The van der Waals surface area contributed by atoms with Crippen molar-refractivity contribution in [2.24, 2.45) is 5.92 Å². The van der Waals surface area contributed by atoms with E-state index in [1.807, 2.05) is 6.07 Å². The van der Waals surface area contributed by atoms with E-state index >= 15 is 0 Å². The van der Waals surface area contributed by atoms with E-state index < -0.39 is 11.7 Å². The average Bonchev–Trinajstić information content (AvgIpc) is 3.05. The van der Waals surface area contributed by atoms with Gasteiger partial charge >= 0.3 is 0 Å². The molecule has 0 radical (unpaired) electrons. The van der Waals surface area contributed by atoms with Gasteiger partial charge in [0.15, 0.2) is 5.78 Å². The van der Waals surface area contributed by atoms with Crippen LogP contribution >= 0.6 is 0 Å². The number of nitrogens with zero attached hydrogens (tertiary/aromatic N) is 1. The fourth-order valence-electron chi connectivity index (χ4n) is 1.60. The summed E-state index contributed by atoms with van der Waals surface area (Å²) >= 11 is 0. The zero-order valence-electron chi connectivity index (χ0n) is 8.11. The highest BCUT2D eigenvalue weighted by Gasteiger charge is 2.36. The third-order valence-electron chi connectivity index (χ3n) is 2.61. The molecule has 0 amide bonds. The zero-order valence-corrected chi connectivity index (χ0v) is 8.11. The van der Waals surface area contributed by atoms with Crippen LogP contribution < -0.4 is 0 Å². The first-order valence-electron chi connectivity index (χ1n) is 4.92. The molecule has 0 unspecified atom stereocenters. The Labute approximate surface area is 87.3 Å². The van der Waals surface area contributed by atoms with Crippen molar-refractivity contribution in [3.8, 4) is 6.07 Å². The van der Waals surface area contributed by atoms with Gasteiger partial charge in [-0.2, -0.15) is 5.26 Å². The van der Waals surface area contributed by atoms with Crippen LogP contribution in [0, 0.1) is 23.1 Å². The SMILES string of the molecule is N#C[C@@H](C(=O)C1CC1)c1ccccc1F. The number of nitriles is 1. The summed E-state index contributed by atoms with van der Waals surface area (Å²) in [4.78, 5) is 11.7. The van der Waals surface area contributed by atoms with Crippen molar-refractivity contribution in [3.05, 3.63) is 35.6 Å². The summed E-state index contributed by atoms with van der Waals surface area (Å²) < 4.78 is 13.4. The molecule has 0 aliphatic heterocycles. The molecule has 1 aromatic rings. The Morgan fingerprint density at radius 2 is 2.13 bits per heavy atom. The number of rotatable bonds is 3. The van der Waals surface area contributed by atoms with Gasteiger partial charge in [0.2, 0.25) is 0 Å². The summed E-state index contributed by atoms with van der Waals surface area (Å²) in [6.07, 6.45) is 1.68. The Bertz CT molecular complexity index is 431. The maximum absolute atomic E-state index is 13.4. The molecule has 15 heavy (non-hydrogen) atoms. The van der Waals surface area contributed by atoms with Crippen LogP contribution in [-0.2, 0) is 4.79 Å². The Kier molecular flexibility index (Phi) is 2.51. The summed E-state index contributed by atoms with van der Waals surface area (Å²) in [7, 11) is 0. The minimum absolute atomic E-state index is 0.0192. The van der Waals surface area contributed by atoms with Crippen LogP contribution in [0.3, 0.4) is 0 Å². The summed E-state index contributed by atoms with van der Waals surface area (Å²) in [6, 6.07) is 7.86. The first kappa shape index (κ1) is 9.85. The van der Waals surface area contributed by atoms with Crippen molar-refractivity contribution in [3.63, 3.8) is 0 Å². The number of carbonyl (C=O) groups is 1. The molecular weight excluding hydrogens is 193 g/mol. The van der Waals surface area contributed by atoms with Gasteiger partial charge in [-0.3, -0.25) is 4.79 Å². The predicted molar refractivity (Wildman–Crippen MR) is 52.5 cm³/mol. The molecule has 0 saturated heterocycles. The van der Waals surface area contributed by atoms with Crippen molar-refractivity contribution in [2.45, 2.75) is 18.8 Å². The van der Waals surface area contributed by atoms with Gasteiger partial charge in [0.05, 0.1) is 6.07 Å². The Balaban J connectivity index is 2.31. The second-order valence-corrected chi connectivity index (χ2v) is 3.76. The molecule has 1 aliphatic carbocycles. The highest BCUT2D eigenvalue weighted by Crippen LogP contribution is 2.35. The topological polar surface area (TPSA) is 40.9 Å². The average molecular weight is 203 g/mol. The van der Waals surface area contributed by atoms with Gasteiger partial charge in [-0.05, 0) is 18.9 Å². The van der Waals surface area contributed by atoms with Gasteiger partial charge in [0.25, 0.3) is 0 Å². The molecular formula is C12H10FNO. The molecule has 1 saturated carbocycles. The summed E-state index contributed by atoms with van der Waals surface area (Å²) in [6.45, 7) is 0. The molecule has 0 N–H and O–H groups in total. The number of Topliss-reactive ketones (excluding diaryl/α,β-unsaturated/α-hetero) is 1. The lowest BCUT2D eigenvalue weighted by atomic mass is 9.93. The second-order valence-electron chi connectivity index (χ2n) is 3.76. The first-order chi connectivity index (χ1) is 7.24. The largest absolute Gasteiger partial charge is 0.298 e. The number of carbonyl (C=O) groups excluding carboxylic acids is 1. The lowest BCUT2D eigenvalue weighted by molar-refractivity contribution is -0.120. The molecule has 76 valence electrons. The van der Waals surface area contributed by atoms with Crippen LogP contribution in [0.5, 0.6) is 0 Å². The molecule has 0 heterocycles. The third-order valence-corrected chi connectivity index (χ3v) is 2.61. The van der Waals surface area contributed by atoms with Gasteiger partial charge in [-0.15, -0.1) is 0 Å². The normalized spacial score (nSPS) is 16.8. The fourth-order valence-corrected chi connectivity index (χ4v) is 1.60. The Morgan fingerprint density at radius 3 is 2.67 bits per heavy atom. The smallest absolute Gasteiger partial charge is 0.157 e. The highest BCUT2D eigenvalue weighted by molar-refractivity contribution is 5.92. The maximum atomic E-state index is 13.4. The number of hydrogen-bond donors (Lipinski definition) is 0. The predicted octanol–water partition coefficient (Wildman–Crippen LogP) is 2.41.